The van der Waals surface area contributed by atoms with Crippen LogP contribution in [0.3, 0.4) is 0 Å². The van der Waals surface area contributed by atoms with Crippen molar-refractivity contribution in [1.82, 2.24) is 24.9 Å². The zero-order chi connectivity index (χ0) is 28.5. The van der Waals surface area contributed by atoms with E-state index in [-0.39, 0.29) is 41.1 Å². The minimum absolute atomic E-state index is 0.0519. The topological polar surface area (TPSA) is 94.3 Å². The van der Waals surface area contributed by atoms with Crippen molar-refractivity contribution in [2.45, 2.75) is 50.9 Å². The molecule has 0 bridgehead atoms. The molecular formula is C28H26F3N7O2. The molecule has 12 heteroatoms. The summed E-state index contributed by atoms with van der Waals surface area (Å²) in [6, 6.07) is 12.4. The fraction of sp³-hybridized carbons (Fsp3) is 0.357. The molecule has 1 aromatic carbocycles. The maximum atomic E-state index is 13.4. The lowest BCUT2D eigenvalue weighted by Crippen LogP contribution is -2.36. The van der Waals surface area contributed by atoms with Crippen molar-refractivity contribution in [3.05, 3.63) is 87.6 Å². The second kappa shape index (κ2) is 10.6. The van der Waals surface area contributed by atoms with Crippen molar-refractivity contribution in [3.8, 4) is 23.0 Å². The zero-order valence-electron chi connectivity index (χ0n) is 21.9. The Kier molecular flexibility index (Phi) is 7.14. The normalized spacial score (nSPS) is 14.8. The molecule has 1 aliphatic rings. The van der Waals surface area contributed by atoms with Gasteiger partial charge in [-0.1, -0.05) is 29.4 Å². The SMILES string of the molecule is [C-]#[N+]C1CCN(c2cc(Cn3nc(-c4nc(-c5ccc(C(C)(C)C(F)(F)F)cc5)no4)ccc3=O)ccn2)CC1. The number of pyridine rings is 1. The fourth-order valence-corrected chi connectivity index (χ4v) is 4.45. The number of hydrogen-bond acceptors (Lipinski definition) is 7. The van der Waals surface area contributed by atoms with Crippen LogP contribution in [0.5, 0.6) is 0 Å². The van der Waals surface area contributed by atoms with E-state index in [4.69, 9.17) is 11.1 Å². The summed E-state index contributed by atoms with van der Waals surface area (Å²) in [4.78, 5) is 27.1. The van der Waals surface area contributed by atoms with Gasteiger partial charge in [0.05, 0.1) is 12.0 Å². The van der Waals surface area contributed by atoms with Crippen molar-refractivity contribution < 1.29 is 17.7 Å². The second-order valence-electron chi connectivity index (χ2n) is 10.2. The molecule has 0 amide bonds. The first-order valence-corrected chi connectivity index (χ1v) is 12.7. The molecule has 1 aliphatic heterocycles. The second-order valence-corrected chi connectivity index (χ2v) is 10.2. The van der Waals surface area contributed by atoms with Gasteiger partial charge in [0.2, 0.25) is 11.9 Å². The molecular weight excluding hydrogens is 523 g/mol. The van der Waals surface area contributed by atoms with Gasteiger partial charge in [-0.05, 0) is 43.2 Å². The number of benzene rings is 1. The smallest absolute Gasteiger partial charge is 0.356 e. The molecule has 0 aliphatic carbocycles. The lowest BCUT2D eigenvalue weighted by atomic mass is 9.83. The Labute approximate surface area is 228 Å². The molecule has 0 radical (unpaired) electrons. The maximum Gasteiger partial charge on any atom is 0.397 e. The van der Waals surface area contributed by atoms with Crippen molar-refractivity contribution in [1.29, 1.82) is 0 Å². The lowest BCUT2D eigenvalue weighted by Gasteiger charge is -2.28. The molecule has 4 heterocycles. The van der Waals surface area contributed by atoms with Crippen LogP contribution in [0.25, 0.3) is 27.8 Å². The van der Waals surface area contributed by atoms with Crippen LogP contribution in [0, 0.1) is 6.57 Å². The summed E-state index contributed by atoms with van der Waals surface area (Å²) in [7, 11) is 0. The lowest BCUT2D eigenvalue weighted by molar-refractivity contribution is -0.180. The van der Waals surface area contributed by atoms with Crippen LogP contribution in [0.2, 0.25) is 0 Å². The van der Waals surface area contributed by atoms with Gasteiger partial charge in [-0.15, -0.1) is 0 Å². The maximum absolute atomic E-state index is 13.4. The quantitative estimate of drug-likeness (QED) is 0.308. The van der Waals surface area contributed by atoms with Gasteiger partial charge < -0.3 is 14.3 Å². The van der Waals surface area contributed by atoms with Gasteiger partial charge in [0.15, 0.2) is 0 Å². The van der Waals surface area contributed by atoms with Crippen LogP contribution in [0.15, 0.2) is 64.0 Å². The highest BCUT2D eigenvalue weighted by atomic mass is 19.4. The van der Waals surface area contributed by atoms with E-state index in [0.717, 1.165) is 51.2 Å². The van der Waals surface area contributed by atoms with E-state index in [0.29, 0.717) is 5.56 Å². The Bertz CT molecular complexity index is 1600. The highest BCUT2D eigenvalue weighted by Gasteiger charge is 2.48. The molecule has 40 heavy (non-hydrogen) atoms. The van der Waals surface area contributed by atoms with Crippen molar-refractivity contribution in [3.63, 3.8) is 0 Å². The van der Waals surface area contributed by atoms with Crippen LogP contribution in [-0.2, 0) is 12.0 Å². The van der Waals surface area contributed by atoms with E-state index in [9.17, 15) is 18.0 Å². The minimum Gasteiger partial charge on any atom is -0.356 e. The Morgan fingerprint density at radius 2 is 1.80 bits per heavy atom. The van der Waals surface area contributed by atoms with E-state index < -0.39 is 11.6 Å². The van der Waals surface area contributed by atoms with Gasteiger partial charge >= 0.3 is 6.18 Å². The van der Waals surface area contributed by atoms with Crippen LogP contribution >= 0.6 is 0 Å². The Morgan fingerprint density at radius 3 is 2.48 bits per heavy atom. The predicted octanol–water partition coefficient (Wildman–Crippen LogP) is 5.13. The minimum atomic E-state index is -4.39. The summed E-state index contributed by atoms with van der Waals surface area (Å²) < 4.78 is 46.8. The highest BCUT2D eigenvalue weighted by Crippen LogP contribution is 2.40. The molecule has 1 saturated heterocycles. The highest BCUT2D eigenvalue weighted by molar-refractivity contribution is 5.58. The number of rotatable bonds is 6. The molecule has 9 nitrogen and oxygen atoms in total. The molecule has 0 unspecified atom stereocenters. The molecule has 0 N–H and O–H groups in total. The predicted molar refractivity (Wildman–Crippen MR) is 141 cm³/mol. The third-order valence-electron chi connectivity index (χ3n) is 7.20. The van der Waals surface area contributed by atoms with Crippen LogP contribution < -0.4 is 10.5 Å². The molecule has 4 aromatic rings. The van der Waals surface area contributed by atoms with Gasteiger partial charge in [0.25, 0.3) is 11.4 Å². The van der Waals surface area contributed by atoms with Crippen molar-refractivity contribution in [2.75, 3.05) is 18.0 Å². The van der Waals surface area contributed by atoms with Crippen molar-refractivity contribution in [2.24, 2.45) is 0 Å². The van der Waals surface area contributed by atoms with Crippen molar-refractivity contribution >= 4 is 5.82 Å². The summed E-state index contributed by atoms with van der Waals surface area (Å²) in [5, 5.41) is 8.34. The number of halogens is 3. The Morgan fingerprint density at radius 1 is 1.07 bits per heavy atom. The number of piperidine rings is 1. The fourth-order valence-electron chi connectivity index (χ4n) is 4.45. The third kappa shape index (κ3) is 5.45. The summed E-state index contributed by atoms with van der Waals surface area (Å²) >= 11 is 0. The number of hydrogen-bond donors (Lipinski definition) is 0. The standard InChI is InChI=1S/C28H26F3N7O2/c1-27(2,28(29,30)31)20-6-4-19(5-7-20)25-34-26(40-36-25)22-8-9-24(39)38(35-22)17-18-10-13-33-23(16-18)37-14-11-21(32-3)12-15-37/h4-10,13,16,21H,11-12,14-15,17H2,1-2H3. The summed E-state index contributed by atoms with van der Waals surface area (Å²) in [6.45, 7) is 11.2. The molecule has 0 spiro atoms. The Balaban J connectivity index is 1.33. The van der Waals surface area contributed by atoms with Crippen LogP contribution in [0.4, 0.5) is 19.0 Å². The third-order valence-corrected chi connectivity index (χ3v) is 7.20. The largest absolute Gasteiger partial charge is 0.397 e. The van der Waals surface area contributed by atoms with Gasteiger partial charge in [0, 0.05) is 43.8 Å². The first kappa shape index (κ1) is 27.1. The summed E-state index contributed by atoms with van der Waals surface area (Å²) in [5.74, 6) is 1.05. The average Bonchev–Trinajstić information content (AvgIpc) is 3.44. The molecule has 3 aromatic heterocycles. The van der Waals surface area contributed by atoms with Crippen LogP contribution in [-0.4, -0.2) is 50.2 Å². The van der Waals surface area contributed by atoms with Gasteiger partial charge in [0.1, 0.15) is 11.5 Å². The van der Waals surface area contributed by atoms with E-state index in [1.165, 1.54) is 41.1 Å². The Hall–Kier alpha value is -4.53. The van der Waals surface area contributed by atoms with E-state index in [1.807, 2.05) is 12.1 Å². The number of anilines is 1. The zero-order valence-corrected chi connectivity index (χ0v) is 21.9. The average molecular weight is 550 g/mol. The van der Waals surface area contributed by atoms with E-state index >= 15 is 0 Å². The molecule has 0 saturated carbocycles. The van der Waals surface area contributed by atoms with E-state index in [2.05, 4.69) is 30.0 Å². The molecule has 1 fully saturated rings. The number of aromatic nitrogens is 5. The first-order valence-electron chi connectivity index (χ1n) is 12.7. The molecule has 0 atom stereocenters. The van der Waals surface area contributed by atoms with Crippen LogP contribution in [0.1, 0.15) is 37.8 Å². The summed E-state index contributed by atoms with van der Waals surface area (Å²) in [5.41, 5.74) is -0.609. The summed E-state index contributed by atoms with van der Waals surface area (Å²) in [6.07, 6.45) is -1.12. The molecule has 5 rings (SSSR count). The monoisotopic (exact) mass is 549 g/mol. The van der Waals surface area contributed by atoms with Gasteiger partial charge in [-0.3, -0.25) is 4.79 Å². The molecule has 206 valence electrons. The van der Waals surface area contributed by atoms with Gasteiger partial charge in [-0.2, -0.15) is 23.3 Å². The number of alkyl halides is 3. The van der Waals surface area contributed by atoms with E-state index in [1.54, 1.807) is 6.20 Å². The van der Waals surface area contributed by atoms with Gasteiger partial charge in [-0.25, -0.2) is 16.2 Å². The number of nitrogens with zero attached hydrogens (tertiary/aromatic N) is 7. The first-order chi connectivity index (χ1) is 19.0.